The Morgan fingerprint density at radius 2 is 1.69 bits per heavy atom. The molecule has 4 rings (SSSR count). The largest absolute Gasteiger partial charge is 0.322 e. The molecule has 1 heterocycles. The number of benzene rings is 3. The van der Waals surface area contributed by atoms with E-state index in [1.807, 2.05) is 38.1 Å². The maximum absolute atomic E-state index is 13.2. The number of nitrogens with one attached hydrogen (secondary N) is 1. The van der Waals surface area contributed by atoms with Gasteiger partial charge in [-0.25, -0.2) is 8.42 Å². The predicted molar refractivity (Wildman–Crippen MR) is 115 cm³/mol. The normalized spacial score (nSPS) is 15.8. The van der Waals surface area contributed by atoms with E-state index in [2.05, 4.69) is 5.32 Å². The van der Waals surface area contributed by atoms with Crippen LogP contribution in [0.1, 0.15) is 28.4 Å². The zero-order valence-electron chi connectivity index (χ0n) is 16.3. The fraction of sp³-hybridized carbons (Fsp3) is 0.174. The smallest absolute Gasteiger partial charge is 0.264 e. The van der Waals surface area contributed by atoms with Gasteiger partial charge in [0.2, 0.25) is 0 Å². The van der Waals surface area contributed by atoms with Gasteiger partial charge < -0.3 is 5.32 Å². The van der Waals surface area contributed by atoms with Gasteiger partial charge in [0.1, 0.15) is 0 Å². The van der Waals surface area contributed by atoms with Crippen LogP contribution in [0, 0.1) is 6.92 Å². The van der Waals surface area contributed by atoms with E-state index in [0.717, 1.165) is 16.8 Å². The minimum atomic E-state index is -3.66. The lowest BCUT2D eigenvalue weighted by molar-refractivity contribution is 0.102. The molecule has 1 amide bonds. The summed E-state index contributed by atoms with van der Waals surface area (Å²) in [5, 5.41) is 2.93. The van der Waals surface area contributed by atoms with Gasteiger partial charge >= 0.3 is 0 Å². The van der Waals surface area contributed by atoms with Crippen molar-refractivity contribution in [2.75, 3.05) is 9.62 Å². The number of carbonyl (C=O) groups is 1. The van der Waals surface area contributed by atoms with Crippen LogP contribution in [-0.2, 0) is 16.4 Å². The third-order valence-electron chi connectivity index (χ3n) is 5.19. The highest BCUT2D eigenvalue weighted by atomic mass is 32.2. The number of sulfonamides is 1. The van der Waals surface area contributed by atoms with Gasteiger partial charge in [-0.15, -0.1) is 0 Å². The van der Waals surface area contributed by atoms with E-state index in [0.29, 0.717) is 17.7 Å². The molecule has 0 bridgehead atoms. The first-order chi connectivity index (χ1) is 13.9. The molecule has 5 nitrogen and oxygen atoms in total. The Morgan fingerprint density at radius 1 is 1.00 bits per heavy atom. The van der Waals surface area contributed by atoms with Crippen LogP contribution in [0.15, 0.2) is 77.7 Å². The monoisotopic (exact) mass is 406 g/mol. The first-order valence-electron chi connectivity index (χ1n) is 9.47. The van der Waals surface area contributed by atoms with E-state index >= 15 is 0 Å². The Kier molecular flexibility index (Phi) is 4.88. The number of fused-ring (bicyclic) bond motifs is 1. The average molecular weight is 407 g/mol. The van der Waals surface area contributed by atoms with Crippen molar-refractivity contribution in [1.29, 1.82) is 0 Å². The van der Waals surface area contributed by atoms with Crippen LogP contribution in [-0.4, -0.2) is 20.4 Å². The fourth-order valence-electron chi connectivity index (χ4n) is 3.72. The molecule has 0 spiro atoms. The van der Waals surface area contributed by atoms with Crippen LogP contribution >= 0.6 is 0 Å². The lowest BCUT2D eigenvalue weighted by Crippen LogP contribution is -2.35. The fourth-order valence-corrected chi connectivity index (χ4v) is 5.44. The molecule has 6 heteroatoms. The molecule has 1 aliphatic heterocycles. The molecule has 0 unspecified atom stereocenters. The Balaban J connectivity index is 1.65. The number of nitrogens with zero attached hydrogens (tertiary/aromatic N) is 1. The second kappa shape index (κ2) is 7.37. The van der Waals surface area contributed by atoms with Gasteiger partial charge in [0.05, 0.1) is 10.6 Å². The van der Waals surface area contributed by atoms with Crippen LogP contribution in [0.25, 0.3) is 0 Å². The van der Waals surface area contributed by atoms with Gasteiger partial charge in [-0.05, 0) is 67.8 Å². The molecule has 0 fully saturated rings. The highest BCUT2D eigenvalue weighted by Crippen LogP contribution is 2.37. The summed E-state index contributed by atoms with van der Waals surface area (Å²) in [5.74, 6) is -0.209. The molecule has 1 atom stereocenters. The Morgan fingerprint density at radius 3 is 2.41 bits per heavy atom. The highest BCUT2D eigenvalue weighted by Gasteiger charge is 2.36. The highest BCUT2D eigenvalue weighted by molar-refractivity contribution is 7.92. The third kappa shape index (κ3) is 3.51. The summed E-state index contributed by atoms with van der Waals surface area (Å²) in [6.45, 7) is 3.82. The molecule has 3 aromatic carbocycles. The van der Waals surface area contributed by atoms with E-state index in [4.69, 9.17) is 0 Å². The zero-order chi connectivity index (χ0) is 20.6. The van der Waals surface area contributed by atoms with Gasteiger partial charge in [-0.1, -0.05) is 36.4 Å². The lowest BCUT2D eigenvalue weighted by Gasteiger charge is -2.24. The van der Waals surface area contributed by atoms with Crippen molar-refractivity contribution in [3.63, 3.8) is 0 Å². The number of para-hydroxylation sites is 1. The number of carbonyl (C=O) groups excluding carboxylic acids is 1. The number of rotatable bonds is 4. The molecule has 0 radical (unpaired) electrons. The number of hydrogen-bond acceptors (Lipinski definition) is 3. The minimum absolute atomic E-state index is 0.209. The predicted octanol–water partition coefficient (Wildman–Crippen LogP) is 4.39. The zero-order valence-corrected chi connectivity index (χ0v) is 17.1. The van der Waals surface area contributed by atoms with Crippen LogP contribution in [0.3, 0.4) is 0 Å². The van der Waals surface area contributed by atoms with E-state index < -0.39 is 10.0 Å². The number of amides is 1. The van der Waals surface area contributed by atoms with Crippen LogP contribution in [0.5, 0.6) is 0 Å². The molecule has 0 saturated heterocycles. The molecule has 1 aliphatic rings. The summed E-state index contributed by atoms with van der Waals surface area (Å²) < 4.78 is 27.8. The SMILES string of the molecule is Cc1ccccc1NC(=O)c1ccc2c(c1)C[C@H](C)N2S(=O)(=O)c1ccccc1. The average Bonchev–Trinajstić information content (AvgIpc) is 3.06. The maximum atomic E-state index is 13.2. The summed E-state index contributed by atoms with van der Waals surface area (Å²) in [6.07, 6.45) is 0.562. The van der Waals surface area contributed by atoms with Crippen molar-refractivity contribution in [3.8, 4) is 0 Å². The number of anilines is 2. The van der Waals surface area contributed by atoms with Crippen LogP contribution in [0.2, 0.25) is 0 Å². The van der Waals surface area contributed by atoms with Gasteiger partial charge in [-0.2, -0.15) is 0 Å². The summed E-state index contributed by atoms with van der Waals surface area (Å²) in [7, 11) is -3.66. The van der Waals surface area contributed by atoms with Crippen LogP contribution in [0.4, 0.5) is 11.4 Å². The first-order valence-corrected chi connectivity index (χ1v) is 10.9. The van der Waals surface area contributed by atoms with Gasteiger partial charge in [0, 0.05) is 17.3 Å². The molecular formula is C23H22N2O3S. The van der Waals surface area contributed by atoms with Gasteiger partial charge in [0.15, 0.2) is 0 Å². The maximum Gasteiger partial charge on any atom is 0.264 e. The van der Waals surface area contributed by atoms with Crippen molar-refractivity contribution < 1.29 is 13.2 Å². The van der Waals surface area contributed by atoms with Gasteiger partial charge in [-0.3, -0.25) is 9.10 Å². The van der Waals surface area contributed by atoms with E-state index in [-0.39, 0.29) is 16.8 Å². The molecule has 148 valence electrons. The molecule has 29 heavy (non-hydrogen) atoms. The topological polar surface area (TPSA) is 66.5 Å². The summed E-state index contributed by atoms with van der Waals surface area (Å²) in [6, 6.07) is 21.0. The van der Waals surface area contributed by atoms with Gasteiger partial charge in [0.25, 0.3) is 15.9 Å². The van der Waals surface area contributed by atoms with Crippen LogP contribution < -0.4 is 9.62 Å². The molecule has 3 aromatic rings. The second-order valence-electron chi connectivity index (χ2n) is 7.28. The van der Waals surface area contributed by atoms with Crippen molar-refractivity contribution >= 4 is 27.3 Å². The Hall–Kier alpha value is -3.12. The first kappa shape index (κ1) is 19.2. The van der Waals surface area contributed by atoms with Crippen molar-refractivity contribution in [2.45, 2.75) is 31.2 Å². The van der Waals surface area contributed by atoms with E-state index in [1.54, 1.807) is 48.5 Å². The molecule has 0 saturated carbocycles. The number of aryl methyl sites for hydroxylation is 1. The van der Waals surface area contributed by atoms with E-state index in [9.17, 15) is 13.2 Å². The lowest BCUT2D eigenvalue weighted by atomic mass is 10.1. The molecule has 0 aromatic heterocycles. The summed E-state index contributed by atoms with van der Waals surface area (Å²) >= 11 is 0. The summed E-state index contributed by atoms with van der Waals surface area (Å²) in [4.78, 5) is 13.0. The van der Waals surface area contributed by atoms with Crippen molar-refractivity contribution in [1.82, 2.24) is 0 Å². The van der Waals surface area contributed by atoms with E-state index in [1.165, 1.54) is 4.31 Å². The molecule has 0 aliphatic carbocycles. The van der Waals surface area contributed by atoms with Crippen molar-refractivity contribution in [2.24, 2.45) is 0 Å². The standard InChI is InChI=1S/C23H22N2O3S/c1-16-8-6-7-11-21(16)24-23(26)18-12-13-22-19(15-18)14-17(2)25(22)29(27,28)20-9-4-3-5-10-20/h3-13,15,17H,14H2,1-2H3,(H,24,26)/t17-/m0/s1. The van der Waals surface area contributed by atoms with Crippen molar-refractivity contribution in [3.05, 3.63) is 89.5 Å². The second-order valence-corrected chi connectivity index (χ2v) is 9.09. The minimum Gasteiger partial charge on any atom is -0.322 e. The Labute approximate surface area is 171 Å². The molecule has 1 N–H and O–H groups in total. The molecular weight excluding hydrogens is 384 g/mol. The third-order valence-corrected chi connectivity index (χ3v) is 7.13. The quantitative estimate of drug-likeness (QED) is 0.699. The Bertz CT molecular complexity index is 1170. The summed E-state index contributed by atoms with van der Waals surface area (Å²) in [5.41, 5.74) is 3.75. The number of hydrogen-bond donors (Lipinski definition) is 1.